The Balaban J connectivity index is 1.42. The van der Waals surface area contributed by atoms with Crippen LogP contribution in [0, 0.1) is 0 Å². The Morgan fingerprint density at radius 1 is 1.04 bits per heavy atom. The fourth-order valence-electron chi connectivity index (χ4n) is 2.85. The molecule has 3 rings (SSSR count). The van der Waals surface area contributed by atoms with E-state index in [1.54, 1.807) is 0 Å². The SMILES string of the molecule is O=C(CC(O)c1ccccc1)NCCCn1ccc2ccccc21. The Morgan fingerprint density at radius 2 is 1.79 bits per heavy atom. The Bertz CT molecular complexity index is 796. The van der Waals surface area contributed by atoms with Gasteiger partial charge in [-0.15, -0.1) is 0 Å². The molecule has 0 spiro atoms. The Morgan fingerprint density at radius 3 is 2.62 bits per heavy atom. The number of para-hydroxylation sites is 1. The van der Waals surface area contributed by atoms with E-state index in [2.05, 4.69) is 34.3 Å². The molecule has 0 aliphatic carbocycles. The fraction of sp³-hybridized carbons (Fsp3) is 0.250. The number of aliphatic hydroxyl groups is 1. The maximum atomic E-state index is 11.9. The predicted molar refractivity (Wildman–Crippen MR) is 95.6 cm³/mol. The minimum absolute atomic E-state index is 0.0937. The highest BCUT2D eigenvalue weighted by Gasteiger charge is 2.12. The van der Waals surface area contributed by atoms with Crippen molar-refractivity contribution >= 4 is 16.8 Å². The first-order valence-electron chi connectivity index (χ1n) is 8.27. The van der Waals surface area contributed by atoms with Gasteiger partial charge in [-0.05, 0) is 29.5 Å². The van der Waals surface area contributed by atoms with E-state index in [0.717, 1.165) is 18.5 Å². The van der Waals surface area contributed by atoms with Gasteiger partial charge in [0.25, 0.3) is 0 Å². The minimum Gasteiger partial charge on any atom is -0.388 e. The molecule has 1 amide bonds. The van der Waals surface area contributed by atoms with E-state index in [4.69, 9.17) is 0 Å². The Kier molecular flexibility index (Phi) is 5.29. The summed E-state index contributed by atoms with van der Waals surface area (Å²) in [7, 11) is 0. The highest BCUT2D eigenvalue weighted by Crippen LogP contribution is 2.16. The van der Waals surface area contributed by atoms with Crippen molar-refractivity contribution in [3.8, 4) is 0 Å². The number of rotatable bonds is 7. The first kappa shape index (κ1) is 16.3. The molecule has 0 aliphatic heterocycles. The average molecular weight is 322 g/mol. The van der Waals surface area contributed by atoms with Gasteiger partial charge in [-0.25, -0.2) is 0 Å². The summed E-state index contributed by atoms with van der Waals surface area (Å²) in [5.74, 6) is -0.122. The summed E-state index contributed by atoms with van der Waals surface area (Å²) in [5.41, 5.74) is 1.98. The molecule has 4 heteroatoms. The topological polar surface area (TPSA) is 54.3 Å². The second kappa shape index (κ2) is 7.79. The van der Waals surface area contributed by atoms with E-state index in [9.17, 15) is 9.90 Å². The summed E-state index contributed by atoms with van der Waals surface area (Å²) in [6, 6.07) is 19.6. The number of nitrogens with one attached hydrogen (secondary N) is 1. The molecule has 1 aromatic heterocycles. The van der Waals surface area contributed by atoms with Crippen molar-refractivity contribution in [3.05, 3.63) is 72.4 Å². The summed E-state index contributed by atoms with van der Waals surface area (Å²) < 4.78 is 2.19. The molecule has 0 fully saturated rings. The number of nitrogens with zero attached hydrogens (tertiary/aromatic N) is 1. The molecule has 1 atom stereocenters. The zero-order valence-corrected chi connectivity index (χ0v) is 13.6. The second-order valence-corrected chi connectivity index (χ2v) is 5.90. The average Bonchev–Trinajstić information content (AvgIpc) is 3.03. The van der Waals surface area contributed by atoms with Crippen molar-refractivity contribution < 1.29 is 9.90 Å². The molecule has 1 heterocycles. The molecular weight excluding hydrogens is 300 g/mol. The highest BCUT2D eigenvalue weighted by atomic mass is 16.3. The van der Waals surface area contributed by atoms with Crippen molar-refractivity contribution in [2.45, 2.75) is 25.5 Å². The standard InChI is InChI=1S/C20H22N2O2/c23-19(17-8-2-1-3-9-17)15-20(24)21-12-6-13-22-14-11-16-7-4-5-10-18(16)22/h1-5,7-11,14,19,23H,6,12-13,15H2,(H,21,24). The smallest absolute Gasteiger partial charge is 0.222 e. The van der Waals surface area contributed by atoms with Gasteiger partial charge in [-0.3, -0.25) is 4.79 Å². The number of aromatic nitrogens is 1. The van der Waals surface area contributed by atoms with Crippen LogP contribution in [-0.2, 0) is 11.3 Å². The molecule has 4 nitrogen and oxygen atoms in total. The van der Waals surface area contributed by atoms with Gasteiger partial charge >= 0.3 is 0 Å². The molecule has 0 saturated heterocycles. The van der Waals surface area contributed by atoms with Crippen LogP contribution in [0.3, 0.4) is 0 Å². The summed E-state index contributed by atoms with van der Waals surface area (Å²) >= 11 is 0. The third-order valence-electron chi connectivity index (χ3n) is 4.14. The van der Waals surface area contributed by atoms with E-state index in [-0.39, 0.29) is 12.3 Å². The van der Waals surface area contributed by atoms with Crippen LogP contribution < -0.4 is 5.32 Å². The Labute approximate surface area is 141 Å². The van der Waals surface area contributed by atoms with Gasteiger partial charge in [-0.2, -0.15) is 0 Å². The molecule has 0 saturated carbocycles. The Hall–Kier alpha value is -2.59. The van der Waals surface area contributed by atoms with Crippen LogP contribution in [0.4, 0.5) is 0 Å². The number of hydrogen-bond acceptors (Lipinski definition) is 2. The maximum absolute atomic E-state index is 11.9. The van der Waals surface area contributed by atoms with Crippen LogP contribution in [0.2, 0.25) is 0 Å². The number of carbonyl (C=O) groups excluding carboxylic acids is 1. The number of hydrogen-bond donors (Lipinski definition) is 2. The molecule has 3 aromatic rings. The second-order valence-electron chi connectivity index (χ2n) is 5.90. The van der Waals surface area contributed by atoms with Crippen LogP contribution in [0.5, 0.6) is 0 Å². The molecule has 124 valence electrons. The quantitative estimate of drug-likeness (QED) is 0.656. The van der Waals surface area contributed by atoms with Crippen LogP contribution in [0.25, 0.3) is 10.9 Å². The summed E-state index contributed by atoms with van der Waals surface area (Å²) in [6.07, 6.45) is 2.27. The van der Waals surface area contributed by atoms with Gasteiger partial charge in [-0.1, -0.05) is 48.5 Å². The lowest BCUT2D eigenvalue weighted by Gasteiger charge is -2.11. The number of fused-ring (bicyclic) bond motifs is 1. The fourth-order valence-corrected chi connectivity index (χ4v) is 2.85. The molecule has 0 aliphatic rings. The number of amides is 1. The third-order valence-corrected chi connectivity index (χ3v) is 4.14. The van der Waals surface area contributed by atoms with Crippen molar-refractivity contribution in [2.24, 2.45) is 0 Å². The highest BCUT2D eigenvalue weighted by molar-refractivity contribution is 5.80. The van der Waals surface area contributed by atoms with Gasteiger partial charge in [0.15, 0.2) is 0 Å². The van der Waals surface area contributed by atoms with Crippen molar-refractivity contribution in [1.82, 2.24) is 9.88 Å². The summed E-state index contributed by atoms with van der Waals surface area (Å²) in [6.45, 7) is 1.46. The van der Waals surface area contributed by atoms with Gasteiger partial charge in [0.05, 0.1) is 12.5 Å². The molecule has 2 aromatic carbocycles. The monoisotopic (exact) mass is 322 g/mol. The molecule has 1 unspecified atom stereocenters. The normalized spacial score (nSPS) is 12.2. The molecule has 24 heavy (non-hydrogen) atoms. The lowest BCUT2D eigenvalue weighted by atomic mass is 10.1. The van der Waals surface area contributed by atoms with Crippen LogP contribution in [0.15, 0.2) is 66.9 Å². The predicted octanol–water partition coefficient (Wildman–Crippen LogP) is 3.27. The summed E-state index contributed by atoms with van der Waals surface area (Å²) in [4.78, 5) is 11.9. The van der Waals surface area contributed by atoms with Gasteiger partial charge in [0.2, 0.25) is 5.91 Å². The van der Waals surface area contributed by atoms with Crippen molar-refractivity contribution in [2.75, 3.05) is 6.54 Å². The van der Waals surface area contributed by atoms with Crippen LogP contribution in [-0.4, -0.2) is 22.1 Å². The molecular formula is C20H22N2O2. The number of benzene rings is 2. The zero-order valence-electron chi connectivity index (χ0n) is 13.6. The first-order valence-corrected chi connectivity index (χ1v) is 8.27. The van der Waals surface area contributed by atoms with E-state index in [1.807, 2.05) is 42.5 Å². The number of aliphatic hydroxyl groups excluding tert-OH is 1. The molecule has 0 radical (unpaired) electrons. The van der Waals surface area contributed by atoms with Gasteiger partial charge in [0.1, 0.15) is 0 Å². The van der Waals surface area contributed by atoms with Crippen molar-refractivity contribution in [1.29, 1.82) is 0 Å². The van der Waals surface area contributed by atoms with Gasteiger partial charge < -0.3 is 15.0 Å². The maximum Gasteiger partial charge on any atom is 0.222 e. The van der Waals surface area contributed by atoms with E-state index >= 15 is 0 Å². The largest absolute Gasteiger partial charge is 0.388 e. The van der Waals surface area contributed by atoms with E-state index < -0.39 is 6.10 Å². The lowest BCUT2D eigenvalue weighted by Crippen LogP contribution is -2.26. The van der Waals surface area contributed by atoms with Crippen LogP contribution >= 0.6 is 0 Å². The van der Waals surface area contributed by atoms with Crippen molar-refractivity contribution in [3.63, 3.8) is 0 Å². The third kappa shape index (κ3) is 4.03. The molecule has 0 bridgehead atoms. The summed E-state index contributed by atoms with van der Waals surface area (Å²) in [5, 5.41) is 14.2. The van der Waals surface area contributed by atoms with Crippen LogP contribution in [0.1, 0.15) is 24.5 Å². The van der Waals surface area contributed by atoms with Gasteiger partial charge in [0, 0.05) is 24.8 Å². The molecule has 2 N–H and O–H groups in total. The minimum atomic E-state index is -0.750. The van der Waals surface area contributed by atoms with E-state index in [0.29, 0.717) is 6.54 Å². The first-order chi connectivity index (χ1) is 11.7. The number of carbonyl (C=O) groups is 1. The zero-order chi connectivity index (χ0) is 16.8. The number of aryl methyl sites for hydroxylation is 1. The lowest BCUT2D eigenvalue weighted by molar-refractivity contribution is -0.123. The van der Waals surface area contributed by atoms with E-state index in [1.165, 1.54) is 10.9 Å².